The third kappa shape index (κ3) is 3.54. The van der Waals surface area contributed by atoms with Crippen molar-refractivity contribution in [2.75, 3.05) is 6.26 Å². The molecular formula is C13H13Cl3N4S. The highest BCUT2D eigenvalue weighted by molar-refractivity contribution is 7.98. The molecule has 0 amide bonds. The van der Waals surface area contributed by atoms with E-state index in [1.165, 1.54) is 11.8 Å². The van der Waals surface area contributed by atoms with E-state index in [2.05, 4.69) is 15.3 Å². The number of halogens is 3. The van der Waals surface area contributed by atoms with Crippen LogP contribution in [0.3, 0.4) is 0 Å². The summed E-state index contributed by atoms with van der Waals surface area (Å²) in [7, 11) is 0. The molecule has 0 radical (unpaired) electrons. The standard InChI is InChI=1S/C13H13Cl3N4S/c1-7(2)12-18-19-13(21-3)20(12)17-6-8-9(14)4-5-10(15)11(8)16/h4-7H,1-3H3/b17-6-. The highest BCUT2D eigenvalue weighted by Crippen LogP contribution is 2.30. The summed E-state index contributed by atoms with van der Waals surface area (Å²) in [5, 5.41) is 14.6. The summed E-state index contributed by atoms with van der Waals surface area (Å²) in [6.07, 6.45) is 3.49. The van der Waals surface area contributed by atoms with E-state index in [4.69, 9.17) is 34.8 Å². The zero-order valence-electron chi connectivity index (χ0n) is 11.6. The summed E-state index contributed by atoms with van der Waals surface area (Å²) in [6.45, 7) is 4.05. The molecule has 1 heterocycles. The topological polar surface area (TPSA) is 43.1 Å². The number of nitrogens with zero attached hydrogens (tertiary/aromatic N) is 4. The van der Waals surface area contributed by atoms with E-state index in [-0.39, 0.29) is 5.92 Å². The lowest BCUT2D eigenvalue weighted by Gasteiger charge is -2.06. The number of hydrogen-bond acceptors (Lipinski definition) is 4. The summed E-state index contributed by atoms with van der Waals surface area (Å²) in [4.78, 5) is 0. The van der Waals surface area contributed by atoms with E-state index in [0.29, 0.717) is 25.8 Å². The Kier molecular flexibility index (Phi) is 5.54. The van der Waals surface area contributed by atoms with Crippen molar-refractivity contribution < 1.29 is 0 Å². The molecule has 0 fully saturated rings. The predicted octanol–water partition coefficient (Wildman–Crippen LogP) is 4.97. The van der Waals surface area contributed by atoms with E-state index in [1.807, 2.05) is 20.1 Å². The molecule has 1 aromatic heterocycles. The molecule has 21 heavy (non-hydrogen) atoms. The highest BCUT2D eigenvalue weighted by atomic mass is 35.5. The van der Waals surface area contributed by atoms with Crippen LogP contribution < -0.4 is 0 Å². The normalized spacial score (nSPS) is 11.8. The summed E-state index contributed by atoms with van der Waals surface area (Å²) in [5.41, 5.74) is 0.571. The van der Waals surface area contributed by atoms with Crippen molar-refractivity contribution >= 4 is 52.8 Å². The Morgan fingerprint density at radius 2 is 1.86 bits per heavy atom. The Hall–Kier alpha value is -0.750. The molecule has 0 aliphatic heterocycles. The smallest absolute Gasteiger partial charge is 0.191 e. The first-order valence-corrected chi connectivity index (χ1v) is 8.48. The van der Waals surface area contributed by atoms with E-state index in [1.54, 1.807) is 23.0 Å². The van der Waals surface area contributed by atoms with E-state index >= 15 is 0 Å². The fourth-order valence-electron chi connectivity index (χ4n) is 1.65. The largest absolute Gasteiger partial charge is 0.211 e. The van der Waals surface area contributed by atoms with Crippen LogP contribution in [0.2, 0.25) is 15.1 Å². The molecule has 1 aromatic carbocycles. The van der Waals surface area contributed by atoms with E-state index in [0.717, 1.165) is 5.82 Å². The van der Waals surface area contributed by atoms with Gasteiger partial charge < -0.3 is 0 Å². The molecule has 0 saturated heterocycles. The van der Waals surface area contributed by atoms with Gasteiger partial charge in [-0.2, -0.15) is 9.78 Å². The van der Waals surface area contributed by atoms with E-state index in [9.17, 15) is 0 Å². The Bertz CT molecular complexity index is 682. The fraction of sp³-hybridized carbons (Fsp3) is 0.308. The third-order valence-electron chi connectivity index (χ3n) is 2.72. The van der Waals surface area contributed by atoms with Crippen LogP contribution in [0.25, 0.3) is 0 Å². The van der Waals surface area contributed by atoms with Crippen molar-refractivity contribution in [3.8, 4) is 0 Å². The van der Waals surface area contributed by atoms with Crippen molar-refractivity contribution in [1.29, 1.82) is 0 Å². The number of hydrogen-bond donors (Lipinski definition) is 0. The summed E-state index contributed by atoms with van der Waals surface area (Å²) in [5.74, 6) is 0.964. The molecule has 0 atom stereocenters. The number of rotatable bonds is 4. The summed E-state index contributed by atoms with van der Waals surface area (Å²) < 4.78 is 1.68. The molecule has 8 heteroatoms. The lowest BCUT2D eigenvalue weighted by molar-refractivity contribution is 0.668. The summed E-state index contributed by atoms with van der Waals surface area (Å²) in [6, 6.07) is 3.33. The second kappa shape index (κ2) is 7.01. The van der Waals surface area contributed by atoms with Crippen molar-refractivity contribution in [2.45, 2.75) is 24.9 Å². The van der Waals surface area contributed by atoms with Gasteiger partial charge in [0.1, 0.15) is 0 Å². The minimum Gasteiger partial charge on any atom is -0.191 e. The molecule has 2 rings (SSSR count). The van der Waals surface area contributed by atoms with E-state index < -0.39 is 0 Å². The van der Waals surface area contributed by atoms with Crippen molar-refractivity contribution in [2.24, 2.45) is 5.10 Å². The van der Waals surface area contributed by atoms with Crippen LogP contribution in [-0.2, 0) is 0 Å². The van der Waals surface area contributed by atoms with Crippen molar-refractivity contribution in [3.05, 3.63) is 38.6 Å². The first-order valence-electron chi connectivity index (χ1n) is 6.12. The molecule has 0 aliphatic carbocycles. The molecular weight excluding hydrogens is 351 g/mol. The van der Waals surface area contributed by atoms with Gasteiger partial charge in [0.05, 0.1) is 21.3 Å². The maximum absolute atomic E-state index is 6.16. The van der Waals surface area contributed by atoms with Gasteiger partial charge in [-0.25, -0.2) is 0 Å². The minimum atomic E-state index is 0.195. The van der Waals surface area contributed by atoms with Crippen LogP contribution >= 0.6 is 46.6 Å². The maximum Gasteiger partial charge on any atom is 0.211 e. The number of benzene rings is 1. The lowest BCUT2D eigenvalue weighted by atomic mass is 10.2. The second-order valence-corrected chi connectivity index (χ2v) is 6.48. The van der Waals surface area contributed by atoms with Crippen LogP contribution in [0, 0.1) is 0 Å². The Morgan fingerprint density at radius 1 is 1.19 bits per heavy atom. The predicted molar refractivity (Wildman–Crippen MR) is 90.4 cm³/mol. The lowest BCUT2D eigenvalue weighted by Crippen LogP contribution is -2.02. The number of aromatic nitrogens is 3. The zero-order valence-corrected chi connectivity index (χ0v) is 14.7. The van der Waals surface area contributed by atoms with Crippen molar-refractivity contribution in [1.82, 2.24) is 14.9 Å². The molecule has 112 valence electrons. The van der Waals surface area contributed by atoms with Crippen LogP contribution in [0.1, 0.15) is 31.2 Å². The Labute approximate surface area is 142 Å². The fourth-order valence-corrected chi connectivity index (χ4v) is 2.72. The third-order valence-corrected chi connectivity index (χ3v) is 4.49. The molecule has 4 nitrogen and oxygen atoms in total. The van der Waals surface area contributed by atoms with Gasteiger partial charge in [-0.3, -0.25) is 0 Å². The van der Waals surface area contributed by atoms with Gasteiger partial charge in [0.2, 0.25) is 5.16 Å². The molecule has 0 unspecified atom stereocenters. The quantitative estimate of drug-likeness (QED) is 0.438. The molecule has 0 N–H and O–H groups in total. The number of thioether (sulfide) groups is 1. The van der Waals surface area contributed by atoms with Gasteiger partial charge in [-0.1, -0.05) is 60.4 Å². The van der Waals surface area contributed by atoms with Crippen molar-refractivity contribution in [3.63, 3.8) is 0 Å². The van der Waals surface area contributed by atoms with Gasteiger partial charge in [-0.15, -0.1) is 10.2 Å². The zero-order chi connectivity index (χ0) is 15.6. The van der Waals surface area contributed by atoms with Gasteiger partial charge in [-0.05, 0) is 18.4 Å². The average Bonchev–Trinajstić information content (AvgIpc) is 2.86. The van der Waals surface area contributed by atoms with Crippen LogP contribution in [-0.4, -0.2) is 27.3 Å². The Balaban J connectivity index is 2.47. The highest BCUT2D eigenvalue weighted by Gasteiger charge is 2.14. The molecule has 0 bridgehead atoms. The van der Waals surface area contributed by atoms with Crippen LogP contribution in [0.4, 0.5) is 0 Å². The van der Waals surface area contributed by atoms with Gasteiger partial charge in [0.25, 0.3) is 0 Å². The average molecular weight is 364 g/mol. The van der Waals surface area contributed by atoms with Crippen LogP contribution in [0.15, 0.2) is 22.4 Å². The minimum absolute atomic E-state index is 0.195. The first-order chi connectivity index (χ1) is 9.95. The molecule has 0 saturated carbocycles. The van der Waals surface area contributed by atoms with Gasteiger partial charge >= 0.3 is 0 Å². The van der Waals surface area contributed by atoms with Gasteiger partial charge in [0.15, 0.2) is 5.82 Å². The SMILES string of the molecule is CSc1nnc(C(C)C)n1/N=C\c1c(Cl)ccc(Cl)c1Cl. The molecule has 0 spiro atoms. The Morgan fingerprint density at radius 3 is 2.48 bits per heavy atom. The summed E-state index contributed by atoms with van der Waals surface area (Å²) >= 11 is 19.8. The molecule has 0 aliphatic rings. The first kappa shape index (κ1) is 16.6. The van der Waals surface area contributed by atoms with Crippen LogP contribution in [0.5, 0.6) is 0 Å². The second-order valence-electron chi connectivity index (χ2n) is 4.51. The maximum atomic E-state index is 6.16. The molecule has 2 aromatic rings. The monoisotopic (exact) mass is 362 g/mol. The van der Waals surface area contributed by atoms with Gasteiger partial charge in [0, 0.05) is 11.5 Å².